The molecule has 0 aliphatic carbocycles. The quantitative estimate of drug-likeness (QED) is 0.367. The lowest BCUT2D eigenvalue weighted by atomic mass is 9.93. The summed E-state index contributed by atoms with van der Waals surface area (Å²) in [7, 11) is 3.52. The van der Waals surface area contributed by atoms with Gasteiger partial charge in [-0.3, -0.25) is 9.79 Å². The normalized spacial score (nSPS) is 15.3. The van der Waals surface area contributed by atoms with Gasteiger partial charge in [-0.1, -0.05) is 12.1 Å². The van der Waals surface area contributed by atoms with Gasteiger partial charge in [0.2, 0.25) is 5.91 Å². The lowest BCUT2D eigenvalue weighted by Gasteiger charge is -2.34. The number of benzene rings is 1. The van der Waals surface area contributed by atoms with E-state index < -0.39 is 0 Å². The molecular weight excluding hydrogens is 455 g/mol. The molecule has 1 aromatic carbocycles. The number of nitrogens with one attached hydrogen (secondary N) is 2. The van der Waals surface area contributed by atoms with Crippen LogP contribution >= 0.6 is 24.0 Å². The summed E-state index contributed by atoms with van der Waals surface area (Å²) in [6.45, 7) is 6.62. The maximum atomic E-state index is 11.5. The smallest absolute Gasteiger partial charge is 0.220 e. The maximum absolute atomic E-state index is 11.5. The minimum absolute atomic E-state index is 0. The van der Waals surface area contributed by atoms with E-state index in [1.165, 1.54) is 5.56 Å². The van der Waals surface area contributed by atoms with E-state index in [4.69, 9.17) is 4.74 Å². The maximum Gasteiger partial charge on any atom is 0.220 e. The Morgan fingerprint density at radius 3 is 2.63 bits per heavy atom. The van der Waals surface area contributed by atoms with Gasteiger partial charge in [0.1, 0.15) is 5.75 Å². The minimum atomic E-state index is 0. The molecule has 152 valence electrons. The highest BCUT2D eigenvalue weighted by molar-refractivity contribution is 14.0. The summed E-state index contributed by atoms with van der Waals surface area (Å²) in [6, 6.07) is 8.15. The number of guanidine groups is 1. The Labute approximate surface area is 180 Å². The molecule has 1 amide bonds. The second kappa shape index (κ2) is 12.0. The van der Waals surface area contributed by atoms with Crippen molar-refractivity contribution in [1.29, 1.82) is 0 Å². The van der Waals surface area contributed by atoms with Crippen molar-refractivity contribution in [2.24, 2.45) is 10.9 Å². The highest BCUT2D eigenvalue weighted by Crippen LogP contribution is 2.20. The molecule has 0 bridgehead atoms. The van der Waals surface area contributed by atoms with Gasteiger partial charge in [-0.2, -0.15) is 0 Å². The number of nitrogens with zero attached hydrogens (tertiary/aromatic N) is 2. The van der Waals surface area contributed by atoms with Crippen molar-refractivity contribution in [1.82, 2.24) is 15.5 Å². The van der Waals surface area contributed by atoms with Gasteiger partial charge in [0.15, 0.2) is 5.96 Å². The van der Waals surface area contributed by atoms with E-state index in [2.05, 4.69) is 32.7 Å². The molecular formula is C20H33IN4O2. The number of hydrogen-bond acceptors (Lipinski definition) is 3. The van der Waals surface area contributed by atoms with E-state index >= 15 is 0 Å². The Morgan fingerprint density at radius 1 is 1.33 bits per heavy atom. The molecule has 1 heterocycles. The molecule has 0 saturated carbocycles. The van der Waals surface area contributed by atoms with Gasteiger partial charge in [0, 0.05) is 40.2 Å². The highest BCUT2D eigenvalue weighted by Gasteiger charge is 2.23. The third-order valence-corrected chi connectivity index (χ3v) is 4.60. The molecule has 27 heavy (non-hydrogen) atoms. The monoisotopic (exact) mass is 488 g/mol. The lowest BCUT2D eigenvalue weighted by Crippen LogP contribution is -2.45. The molecule has 0 atom stereocenters. The van der Waals surface area contributed by atoms with Crippen molar-refractivity contribution in [2.75, 3.05) is 27.2 Å². The van der Waals surface area contributed by atoms with Crippen LogP contribution in [0.5, 0.6) is 5.75 Å². The first kappa shape index (κ1) is 23.5. The topological polar surface area (TPSA) is 66.0 Å². The first-order valence-corrected chi connectivity index (χ1v) is 9.43. The van der Waals surface area contributed by atoms with Gasteiger partial charge in [0.25, 0.3) is 0 Å². The zero-order valence-corrected chi connectivity index (χ0v) is 19.2. The van der Waals surface area contributed by atoms with Crippen molar-refractivity contribution in [3.05, 3.63) is 29.8 Å². The Kier molecular flexibility index (Phi) is 10.5. The lowest BCUT2D eigenvalue weighted by molar-refractivity contribution is -0.121. The standard InChI is InChI=1S/C20H32N4O2.HI/c1-15(2)26-18-7-5-6-17(12-18)14-23-20(22-4)24-10-8-16(9-11-24)13-19(25)21-3;/h5-7,12,15-16H,8-11,13-14H2,1-4H3,(H,21,25)(H,22,23);1H. The van der Waals surface area contributed by atoms with Gasteiger partial charge in [-0.15, -0.1) is 24.0 Å². The van der Waals surface area contributed by atoms with Crippen LogP contribution in [0.3, 0.4) is 0 Å². The molecule has 2 N–H and O–H groups in total. The Bertz CT molecular complexity index is 614. The summed E-state index contributed by atoms with van der Waals surface area (Å²) < 4.78 is 5.76. The number of amides is 1. The van der Waals surface area contributed by atoms with Gasteiger partial charge >= 0.3 is 0 Å². The first-order chi connectivity index (χ1) is 12.5. The molecule has 2 rings (SSSR count). The first-order valence-electron chi connectivity index (χ1n) is 9.43. The van der Waals surface area contributed by atoms with Crippen LogP contribution in [0.1, 0.15) is 38.7 Å². The molecule has 7 heteroatoms. The number of carbonyl (C=O) groups is 1. The van der Waals surface area contributed by atoms with Crippen molar-refractivity contribution < 1.29 is 9.53 Å². The van der Waals surface area contributed by atoms with Crippen LogP contribution in [0.15, 0.2) is 29.3 Å². The number of rotatable bonds is 6. The molecule has 0 unspecified atom stereocenters. The van der Waals surface area contributed by atoms with Crippen LogP contribution in [0, 0.1) is 5.92 Å². The molecule has 0 radical (unpaired) electrons. The van der Waals surface area contributed by atoms with Gasteiger partial charge in [0.05, 0.1) is 6.10 Å². The number of carbonyl (C=O) groups excluding carboxylic acids is 1. The molecule has 0 spiro atoms. The molecule has 1 aliphatic heterocycles. The predicted octanol–water partition coefficient (Wildman–Crippen LogP) is 3.02. The largest absolute Gasteiger partial charge is 0.491 e. The second-order valence-corrected chi connectivity index (χ2v) is 7.02. The molecule has 1 fully saturated rings. The highest BCUT2D eigenvalue weighted by atomic mass is 127. The van der Waals surface area contributed by atoms with Gasteiger partial charge < -0.3 is 20.3 Å². The van der Waals surface area contributed by atoms with Crippen LogP contribution in [0.25, 0.3) is 0 Å². The van der Waals surface area contributed by atoms with E-state index in [0.29, 0.717) is 18.9 Å². The fourth-order valence-corrected chi connectivity index (χ4v) is 3.23. The third kappa shape index (κ3) is 7.94. The fourth-order valence-electron chi connectivity index (χ4n) is 3.23. The summed E-state index contributed by atoms with van der Waals surface area (Å²) >= 11 is 0. The van der Waals surface area contributed by atoms with Crippen LogP contribution in [-0.2, 0) is 11.3 Å². The zero-order chi connectivity index (χ0) is 18.9. The molecule has 1 aliphatic rings. The van der Waals surface area contributed by atoms with Crippen LogP contribution < -0.4 is 15.4 Å². The fraction of sp³-hybridized carbons (Fsp3) is 0.600. The number of piperidine rings is 1. The number of likely N-dealkylation sites (tertiary alicyclic amines) is 1. The number of aliphatic imine (C=N–C) groups is 1. The number of ether oxygens (including phenoxy) is 1. The van der Waals surface area contributed by atoms with Gasteiger partial charge in [-0.25, -0.2) is 0 Å². The number of hydrogen-bond donors (Lipinski definition) is 2. The SMILES string of the molecule is CN=C(NCc1cccc(OC(C)C)c1)N1CCC(CC(=O)NC)CC1.I. The van der Waals surface area contributed by atoms with E-state index in [0.717, 1.165) is 37.6 Å². The van der Waals surface area contributed by atoms with Crippen molar-refractivity contribution in [3.63, 3.8) is 0 Å². The summed E-state index contributed by atoms with van der Waals surface area (Å²) in [5, 5.41) is 6.16. The average Bonchev–Trinajstić information content (AvgIpc) is 2.63. The predicted molar refractivity (Wildman–Crippen MR) is 121 cm³/mol. The summed E-state index contributed by atoms with van der Waals surface area (Å²) in [5.74, 6) is 2.41. The second-order valence-electron chi connectivity index (χ2n) is 7.02. The molecule has 6 nitrogen and oxygen atoms in total. The van der Waals surface area contributed by atoms with E-state index in [1.54, 1.807) is 7.05 Å². The Morgan fingerprint density at radius 2 is 2.04 bits per heavy atom. The van der Waals surface area contributed by atoms with E-state index in [1.807, 2.05) is 33.0 Å². The van der Waals surface area contributed by atoms with Crippen molar-refractivity contribution in [3.8, 4) is 5.75 Å². The van der Waals surface area contributed by atoms with Crippen molar-refractivity contribution in [2.45, 2.75) is 45.8 Å². The molecule has 1 aromatic rings. The van der Waals surface area contributed by atoms with Crippen LogP contribution in [0.2, 0.25) is 0 Å². The number of halogens is 1. The minimum Gasteiger partial charge on any atom is -0.491 e. The van der Waals surface area contributed by atoms with E-state index in [9.17, 15) is 4.79 Å². The van der Waals surface area contributed by atoms with Crippen LogP contribution in [0.4, 0.5) is 0 Å². The molecule has 0 aromatic heterocycles. The summed E-state index contributed by atoms with van der Waals surface area (Å²) in [4.78, 5) is 18.2. The van der Waals surface area contributed by atoms with Gasteiger partial charge in [-0.05, 0) is 50.3 Å². The third-order valence-electron chi connectivity index (χ3n) is 4.60. The Balaban J connectivity index is 0.00000364. The van der Waals surface area contributed by atoms with Crippen LogP contribution in [-0.4, -0.2) is 50.1 Å². The summed E-state index contributed by atoms with van der Waals surface area (Å²) in [6.07, 6.45) is 2.83. The Hall–Kier alpha value is -1.51. The summed E-state index contributed by atoms with van der Waals surface area (Å²) in [5.41, 5.74) is 1.17. The molecule has 1 saturated heterocycles. The van der Waals surface area contributed by atoms with E-state index in [-0.39, 0.29) is 36.0 Å². The average molecular weight is 488 g/mol. The zero-order valence-electron chi connectivity index (χ0n) is 16.8. The van der Waals surface area contributed by atoms with Crippen molar-refractivity contribution >= 4 is 35.8 Å².